The molecule has 1 aliphatic heterocycles. The van der Waals surface area contributed by atoms with Crippen molar-refractivity contribution in [2.45, 2.75) is 12.0 Å². The van der Waals surface area contributed by atoms with Gasteiger partial charge < -0.3 is 5.73 Å². The number of guanidine groups is 1. The Balaban J connectivity index is 2.05. The smallest absolute Gasteiger partial charge is 0.266 e. The lowest BCUT2D eigenvalue weighted by atomic mass is 9.81. The Hall–Kier alpha value is -3.82. The Bertz CT molecular complexity index is 1260. The number of carbonyl (C=O) groups is 1. The molecule has 4 rings (SSSR count). The molecule has 2 aromatic carbocycles. The minimum Gasteiger partial charge on any atom is -0.369 e. The lowest BCUT2D eigenvalue weighted by molar-refractivity contribution is -0.129. The zero-order valence-electron chi connectivity index (χ0n) is 16.5. The number of alkyl halides is 2. The maximum absolute atomic E-state index is 15.1. The summed E-state index contributed by atoms with van der Waals surface area (Å²) in [6, 6.07) is 7.60. The van der Waals surface area contributed by atoms with Gasteiger partial charge in [-0.05, 0) is 18.2 Å². The summed E-state index contributed by atoms with van der Waals surface area (Å²) in [5.41, 5.74) is 1.81. The largest absolute Gasteiger partial charge is 0.369 e. The number of aliphatic imine (C=N–C) groups is 1. The molecule has 3 aromatic rings. The highest BCUT2D eigenvalue weighted by Crippen LogP contribution is 2.43. The van der Waals surface area contributed by atoms with Crippen LogP contribution in [0.25, 0.3) is 11.1 Å². The van der Waals surface area contributed by atoms with Crippen molar-refractivity contribution < 1.29 is 26.7 Å². The number of halogens is 5. The Morgan fingerprint density at radius 2 is 1.69 bits per heavy atom. The molecular weight excluding hydrogens is 431 g/mol. The molecule has 1 atom stereocenters. The molecule has 0 aliphatic carbocycles. The van der Waals surface area contributed by atoms with E-state index in [0.29, 0.717) is 6.07 Å². The fourth-order valence-electron chi connectivity index (χ4n) is 3.65. The van der Waals surface area contributed by atoms with E-state index in [1.807, 2.05) is 0 Å². The van der Waals surface area contributed by atoms with Crippen molar-refractivity contribution in [2.24, 2.45) is 10.7 Å². The van der Waals surface area contributed by atoms with Gasteiger partial charge in [0.05, 0.1) is 0 Å². The number of rotatable bonds is 4. The van der Waals surface area contributed by atoms with E-state index in [0.717, 1.165) is 35.5 Å². The van der Waals surface area contributed by atoms with Gasteiger partial charge in [-0.1, -0.05) is 18.2 Å². The van der Waals surface area contributed by atoms with Gasteiger partial charge in [-0.3, -0.25) is 14.7 Å². The van der Waals surface area contributed by atoms with Crippen LogP contribution >= 0.6 is 0 Å². The molecule has 2 heterocycles. The average Bonchev–Trinajstić information content (AvgIpc) is 2.99. The SMILES string of the molecule is CN1C(=O)C(c2cncc(C(F)F)c2)(c2cc(-c3ccccc3F)c(F)cc2F)N=C1N. The molecule has 0 radical (unpaired) electrons. The van der Waals surface area contributed by atoms with Crippen molar-refractivity contribution in [3.63, 3.8) is 0 Å². The predicted octanol–water partition coefficient (Wildman–Crippen LogP) is 4.13. The molecule has 2 N–H and O–H groups in total. The molecular formula is C22H15F5N4O. The van der Waals surface area contributed by atoms with Crippen LogP contribution in [-0.4, -0.2) is 28.8 Å². The first-order valence-corrected chi connectivity index (χ1v) is 9.28. The topological polar surface area (TPSA) is 71.6 Å². The number of benzene rings is 2. The zero-order chi connectivity index (χ0) is 23.2. The van der Waals surface area contributed by atoms with Crippen LogP contribution < -0.4 is 5.73 Å². The first-order valence-electron chi connectivity index (χ1n) is 9.28. The van der Waals surface area contributed by atoms with Crippen molar-refractivity contribution in [3.05, 3.63) is 89.0 Å². The number of carbonyl (C=O) groups excluding carboxylic acids is 1. The maximum atomic E-state index is 15.1. The summed E-state index contributed by atoms with van der Waals surface area (Å²) in [6.45, 7) is 0. The Morgan fingerprint density at radius 1 is 0.969 bits per heavy atom. The third kappa shape index (κ3) is 3.19. The average molecular weight is 446 g/mol. The molecule has 0 bridgehead atoms. The normalized spacial score (nSPS) is 18.4. The highest BCUT2D eigenvalue weighted by Gasteiger charge is 2.51. The van der Waals surface area contributed by atoms with E-state index >= 15 is 4.39 Å². The van der Waals surface area contributed by atoms with Gasteiger partial charge in [-0.2, -0.15) is 0 Å². The zero-order valence-corrected chi connectivity index (χ0v) is 16.5. The van der Waals surface area contributed by atoms with Gasteiger partial charge in [-0.25, -0.2) is 26.9 Å². The molecule has 1 aliphatic rings. The van der Waals surface area contributed by atoms with Gasteiger partial charge in [0.2, 0.25) is 0 Å². The van der Waals surface area contributed by atoms with Crippen LogP contribution in [0.15, 0.2) is 59.9 Å². The highest BCUT2D eigenvalue weighted by atomic mass is 19.3. The van der Waals surface area contributed by atoms with E-state index in [1.165, 1.54) is 25.2 Å². The van der Waals surface area contributed by atoms with Crippen LogP contribution in [0.2, 0.25) is 0 Å². The number of nitrogens with zero attached hydrogens (tertiary/aromatic N) is 3. The lowest BCUT2D eigenvalue weighted by Gasteiger charge is -2.27. The Kier molecular flexibility index (Phi) is 5.15. The molecule has 0 spiro atoms. The number of aromatic nitrogens is 1. The summed E-state index contributed by atoms with van der Waals surface area (Å²) >= 11 is 0. The minimum absolute atomic E-state index is 0.184. The van der Waals surface area contributed by atoms with Crippen LogP contribution in [0, 0.1) is 17.5 Å². The second-order valence-corrected chi connectivity index (χ2v) is 7.14. The van der Waals surface area contributed by atoms with Gasteiger partial charge in [-0.15, -0.1) is 0 Å². The van der Waals surface area contributed by atoms with E-state index in [2.05, 4.69) is 9.98 Å². The van der Waals surface area contributed by atoms with Gasteiger partial charge >= 0.3 is 0 Å². The molecule has 1 unspecified atom stereocenters. The van der Waals surface area contributed by atoms with Crippen LogP contribution in [-0.2, 0) is 10.3 Å². The summed E-state index contributed by atoms with van der Waals surface area (Å²) in [7, 11) is 1.27. The van der Waals surface area contributed by atoms with E-state index < -0.39 is 46.5 Å². The number of hydrogen-bond donors (Lipinski definition) is 1. The van der Waals surface area contributed by atoms with Gasteiger partial charge in [0.15, 0.2) is 11.5 Å². The quantitative estimate of drug-likeness (QED) is 0.613. The predicted molar refractivity (Wildman–Crippen MR) is 106 cm³/mol. The van der Waals surface area contributed by atoms with Crippen molar-refractivity contribution >= 4 is 11.9 Å². The molecule has 0 fully saturated rings. The molecule has 32 heavy (non-hydrogen) atoms. The second kappa shape index (κ2) is 7.70. The summed E-state index contributed by atoms with van der Waals surface area (Å²) in [5, 5.41) is 0. The van der Waals surface area contributed by atoms with Crippen molar-refractivity contribution in [2.75, 3.05) is 7.05 Å². The molecule has 0 saturated heterocycles. The fourth-order valence-corrected chi connectivity index (χ4v) is 3.65. The number of likely N-dealkylation sites (N-methyl/N-ethyl adjacent to an activating group) is 1. The lowest BCUT2D eigenvalue weighted by Crippen LogP contribution is -2.41. The van der Waals surface area contributed by atoms with E-state index in [-0.39, 0.29) is 22.6 Å². The fraction of sp³-hybridized carbons (Fsp3) is 0.136. The van der Waals surface area contributed by atoms with Crippen LogP contribution in [0.3, 0.4) is 0 Å². The van der Waals surface area contributed by atoms with Crippen LogP contribution in [0.5, 0.6) is 0 Å². The Morgan fingerprint density at radius 3 is 2.31 bits per heavy atom. The maximum Gasteiger partial charge on any atom is 0.266 e. The molecule has 164 valence electrons. The third-order valence-corrected chi connectivity index (χ3v) is 5.28. The van der Waals surface area contributed by atoms with Gasteiger partial charge in [0, 0.05) is 53.3 Å². The van der Waals surface area contributed by atoms with Gasteiger partial charge in [0.25, 0.3) is 12.3 Å². The molecule has 5 nitrogen and oxygen atoms in total. The molecule has 1 aromatic heterocycles. The molecule has 1 amide bonds. The first-order chi connectivity index (χ1) is 15.2. The van der Waals surface area contributed by atoms with Crippen molar-refractivity contribution in [3.8, 4) is 11.1 Å². The second-order valence-electron chi connectivity index (χ2n) is 7.14. The monoisotopic (exact) mass is 446 g/mol. The summed E-state index contributed by atoms with van der Waals surface area (Å²) in [6.07, 6.45) is -0.961. The minimum atomic E-state index is -2.93. The van der Waals surface area contributed by atoms with E-state index in [4.69, 9.17) is 5.73 Å². The first kappa shape index (κ1) is 21.4. The molecule has 0 saturated carbocycles. The van der Waals surface area contributed by atoms with E-state index in [1.54, 1.807) is 0 Å². The van der Waals surface area contributed by atoms with Crippen molar-refractivity contribution in [1.82, 2.24) is 9.88 Å². The summed E-state index contributed by atoms with van der Waals surface area (Å²) in [4.78, 5) is 22.0. The van der Waals surface area contributed by atoms with Crippen LogP contribution in [0.4, 0.5) is 22.0 Å². The van der Waals surface area contributed by atoms with E-state index in [9.17, 15) is 22.4 Å². The number of nitrogens with two attached hydrogens (primary N) is 1. The number of amides is 1. The summed E-state index contributed by atoms with van der Waals surface area (Å²) < 4.78 is 70.8. The number of pyridine rings is 1. The van der Waals surface area contributed by atoms with Gasteiger partial charge in [0.1, 0.15) is 17.5 Å². The third-order valence-electron chi connectivity index (χ3n) is 5.28. The van der Waals surface area contributed by atoms with Crippen LogP contribution in [0.1, 0.15) is 23.1 Å². The Labute approximate surface area is 179 Å². The summed E-state index contributed by atoms with van der Waals surface area (Å²) in [5.74, 6) is -4.23. The highest BCUT2D eigenvalue weighted by molar-refractivity contribution is 6.09. The molecule has 10 heteroatoms. The van der Waals surface area contributed by atoms with Crippen molar-refractivity contribution in [1.29, 1.82) is 0 Å². The number of hydrogen-bond acceptors (Lipinski definition) is 4. The standard InChI is InChI=1S/C22H15F5N4O/c1-31-20(32)22(30-21(31)28,12-6-11(19(26)27)9-29-10-12)15-7-14(17(24)8-18(15)25)13-4-2-3-5-16(13)23/h2-10,19H,1H3,(H2,28,30).